The van der Waals surface area contributed by atoms with Gasteiger partial charge in [-0.25, -0.2) is 0 Å². The van der Waals surface area contributed by atoms with Crippen LogP contribution in [0.3, 0.4) is 0 Å². The Morgan fingerprint density at radius 1 is 1.19 bits per heavy atom. The molecule has 140 valence electrons. The van der Waals surface area contributed by atoms with Crippen LogP contribution in [0.15, 0.2) is 35.1 Å². The standard InChI is InChI=1S/C18H22N2O6/c1-2-3-10-6-16(24)20-13-7-11(4-5-12(10)13)19-14(8-21)17(25)18(26)15(23)9-22/h2-8,14-15,17-19,22-23,25-26H,9H2,1H3,(H,20,24)/b3-2-/t14-,15+,17+,18+/m1/s1. The maximum atomic E-state index is 11.8. The first-order valence-electron chi connectivity index (χ1n) is 8.08. The predicted octanol–water partition coefficient (Wildman–Crippen LogP) is -0.384. The number of fused-ring (bicyclic) bond motifs is 1. The molecule has 0 fully saturated rings. The van der Waals surface area contributed by atoms with E-state index in [9.17, 15) is 24.9 Å². The first-order valence-corrected chi connectivity index (χ1v) is 8.08. The Morgan fingerprint density at radius 3 is 2.54 bits per heavy atom. The lowest BCUT2D eigenvalue weighted by molar-refractivity contribution is -0.117. The van der Waals surface area contributed by atoms with E-state index < -0.39 is 31.0 Å². The van der Waals surface area contributed by atoms with Gasteiger partial charge < -0.3 is 35.5 Å². The summed E-state index contributed by atoms with van der Waals surface area (Å²) in [5, 5.41) is 41.6. The van der Waals surface area contributed by atoms with E-state index in [1.54, 1.807) is 24.3 Å². The highest BCUT2D eigenvalue weighted by Gasteiger charge is 2.31. The minimum Gasteiger partial charge on any atom is -0.394 e. The van der Waals surface area contributed by atoms with E-state index in [0.29, 0.717) is 17.5 Å². The summed E-state index contributed by atoms with van der Waals surface area (Å²) in [5.41, 5.74) is 1.42. The molecule has 1 aromatic carbocycles. The van der Waals surface area contributed by atoms with Gasteiger partial charge in [0.25, 0.3) is 0 Å². The highest BCUT2D eigenvalue weighted by Crippen LogP contribution is 2.21. The van der Waals surface area contributed by atoms with Gasteiger partial charge in [0.2, 0.25) is 5.56 Å². The second kappa shape index (κ2) is 8.72. The number of nitrogens with one attached hydrogen (secondary N) is 2. The summed E-state index contributed by atoms with van der Waals surface area (Å²) < 4.78 is 0. The third-order valence-electron chi connectivity index (χ3n) is 4.00. The van der Waals surface area contributed by atoms with Gasteiger partial charge in [0.05, 0.1) is 12.1 Å². The number of anilines is 1. The first-order chi connectivity index (χ1) is 12.4. The van der Waals surface area contributed by atoms with Crippen LogP contribution in [0.1, 0.15) is 12.5 Å². The molecule has 26 heavy (non-hydrogen) atoms. The maximum absolute atomic E-state index is 11.8. The van der Waals surface area contributed by atoms with Crippen molar-refractivity contribution >= 4 is 29.0 Å². The van der Waals surface area contributed by atoms with Crippen LogP contribution in [-0.2, 0) is 4.79 Å². The lowest BCUT2D eigenvalue weighted by atomic mass is 10.0. The molecule has 6 N–H and O–H groups in total. The van der Waals surface area contributed by atoms with Gasteiger partial charge in [-0.1, -0.05) is 18.2 Å². The van der Waals surface area contributed by atoms with E-state index in [1.807, 2.05) is 13.0 Å². The number of H-pyrrole nitrogens is 1. The van der Waals surface area contributed by atoms with Crippen molar-refractivity contribution in [3.05, 3.63) is 46.3 Å². The third kappa shape index (κ3) is 4.36. The van der Waals surface area contributed by atoms with E-state index in [0.717, 1.165) is 10.9 Å². The number of benzene rings is 1. The average molecular weight is 362 g/mol. The molecule has 0 aliphatic carbocycles. The van der Waals surface area contributed by atoms with E-state index in [-0.39, 0.29) is 5.56 Å². The average Bonchev–Trinajstić information content (AvgIpc) is 2.64. The minimum absolute atomic E-state index is 0.281. The fraction of sp³-hybridized carbons (Fsp3) is 0.333. The van der Waals surface area contributed by atoms with Crippen LogP contribution in [0.4, 0.5) is 5.69 Å². The van der Waals surface area contributed by atoms with Crippen molar-refractivity contribution in [2.75, 3.05) is 11.9 Å². The summed E-state index contributed by atoms with van der Waals surface area (Å²) in [5.74, 6) is 0. The lowest BCUT2D eigenvalue weighted by Gasteiger charge is -2.26. The highest BCUT2D eigenvalue weighted by molar-refractivity contribution is 5.90. The summed E-state index contributed by atoms with van der Waals surface area (Å²) in [6.45, 7) is 1.08. The SMILES string of the molecule is C/C=C\c1cc(=O)[nH]c2cc(N[C@H](C=O)[C@H](O)[C@@H](O)[C@@H](O)CO)ccc12. The molecular weight excluding hydrogens is 340 g/mol. The van der Waals surface area contributed by atoms with E-state index in [2.05, 4.69) is 10.3 Å². The molecule has 0 spiro atoms. The molecule has 1 heterocycles. The molecule has 0 saturated carbocycles. The van der Waals surface area contributed by atoms with Crippen molar-refractivity contribution in [2.45, 2.75) is 31.3 Å². The molecule has 0 bridgehead atoms. The summed E-state index contributed by atoms with van der Waals surface area (Å²) >= 11 is 0. The highest BCUT2D eigenvalue weighted by atomic mass is 16.4. The Hall–Kier alpha value is -2.52. The molecule has 0 aliphatic heterocycles. The molecule has 8 nitrogen and oxygen atoms in total. The van der Waals surface area contributed by atoms with Crippen LogP contribution in [0.5, 0.6) is 0 Å². The Labute approximate surface area is 149 Å². The van der Waals surface area contributed by atoms with Gasteiger partial charge in [-0.2, -0.15) is 0 Å². The number of carbonyl (C=O) groups excluding carboxylic acids is 1. The molecule has 1 aromatic heterocycles. The number of rotatable bonds is 8. The molecule has 8 heteroatoms. The van der Waals surface area contributed by atoms with Crippen LogP contribution in [0, 0.1) is 0 Å². The summed E-state index contributed by atoms with van der Waals surface area (Å²) in [6.07, 6.45) is -0.919. The van der Waals surface area contributed by atoms with E-state index in [4.69, 9.17) is 5.11 Å². The van der Waals surface area contributed by atoms with Gasteiger partial charge in [0.15, 0.2) is 0 Å². The smallest absolute Gasteiger partial charge is 0.249 e. The number of hydrogen-bond donors (Lipinski definition) is 6. The Morgan fingerprint density at radius 2 is 1.92 bits per heavy atom. The normalized spacial score (nSPS) is 16.3. The van der Waals surface area contributed by atoms with E-state index >= 15 is 0 Å². The zero-order valence-electron chi connectivity index (χ0n) is 14.2. The molecule has 0 saturated heterocycles. The number of allylic oxidation sites excluding steroid dienone is 1. The Balaban J connectivity index is 2.32. The second-order valence-electron chi connectivity index (χ2n) is 5.89. The summed E-state index contributed by atoms with van der Waals surface area (Å²) in [4.78, 5) is 25.8. The second-order valence-corrected chi connectivity index (χ2v) is 5.89. The predicted molar refractivity (Wildman–Crippen MR) is 97.9 cm³/mol. The molecule has 4 atom stereocenters. The number of aldehydes is 1. The van der Waals surface area contributed by atoms with Gasteiger partial charge in [0, 0.05) is 17.1 Å². The summed E-state index contributed by atoms with van der Waals surface area (Å²) in [6, 6.07) is 5.25. The molecule has 0 radical (unpaired) electrons. The van der Waals surface area contributed by atoms with Gasteiger partial charge >= 0.3 is 0 Å². The number of aromatic amines is 1. The number of hydrogen-bond acceptors (Lipinski definition) is 7. The molecule has 2 aromatic rings. The Bertz CT molecular complexity index is 847. The van der Waals surface area contributed by atoms with Crippen molar-refractivity contribution in [3.8, 4) is 0 Å². The van der Waals surface area contributed by atoms with Crippen molar-refractivity contribution in [3.63, 3.8) is 0 Å². The Kier molecular flexibility index (Phi) is 6.64. The number of carbonyl (C=O) groups is 1. The molecule has 0 aliphatic rings. The number of aliphatic hydroxyl groups excluding tert-OH is 4. The third-order valence-corrected chi connectivity index (χ3v) is 4.00. The van der Waals surface area contributed by atoms with Crippen molar-refractivity contribution in [1.29, 1.82) is 0 Å². The van der Waals surface area contributed by atoms with Crippen molar-refractivity contribution < 1.29 is 25.2 Å². The van der Waals surface area contributed by atoms with E-state index in [1.165, 1.54) is 6.07 Å². The van der Waals surface area contributed by atoms with Crippen LogP contribution in [0.25, 0.3) is 17.0 Å². The number of pyridine rings is 1. The topological polar surface area (TPSA) is 143 Å². The van der Waals surface area contributed by atoms with Crippen LogP contribution < -0.4 is 10.9 Å². The molecule has 2 rings (SSSR count). The van der Waals surface area contributed by atoms with Crippen molar-refractivity contribution in [2.24, 2.45) is 0 Å². The minimum atomic E-state index is -1.70. The van der Waals surface area contributed by atoms with Gasteiger partial charge in [-0.05, 0) is 24.6 Å². The van der Waals surface area contributed by atoms with Gasteiger partial charge in [0.1, 0.15) is 30.6 Å². The first kappa shape index (κ1) is 19.8. The molecule has 0 unspecified atom stereocenters. The van der Waals surface area contributed by atoms with Crippen molar-refractivity contribution in [1.82, 2.24) is 4.98 Å². The zero-order valence-corrected chi connectivity index (χ0v) is 14.2. The fourth-order valence-corrected chi connectivity index (χ4v) is 2.63. The van der Waals surface area contributed by atoms with Crippen LogP contribution in [0.2, 0.25) is 0 Å². The largest absolute Gasteiger partial charge is 0.394 e. The van der Waals surface area contributed by atoms with Crippen LogP contribution >= 0.6 is 0 Å². The zero-order chi connectivity index (χ0) is 19.3. The fourth-order valence-electron chi connectivity index (χ4n) is 2.63. The van der Waals surface area contributed by atoms with Gasteiger partial charge in [-0.15, -0.1) is 0 Å². The lowest BCUT2D eigenvalue weighted by Crippen LogP contribution is -2.49. The molecular formula is C18H22N2O6. The monoisotopic (exact) mass is 362 g/mol. The number of aliphatic hydroxyl groups is 4. The number of aromatic nitrogens is 1. The quantitative estimate of drug-likeness (QED) is 0.351. The van der Waals surface area contributed by atoms with Crippen LogP contribution in [-0.4, -0.2) is 62.7 Å². The summed E-state index contributed by atoms with van der Waals surface area (Å²) in [7, 11) is 0. The van der Waals surface area contributed by atoms with Gasteiger partial charge in [-0.3, -0.25) is 4.79 Å². The molecule has 0 amide bonds. The maximum Gasteiger partial charge on any atom is 0.249 e.